The van der Waals surface area contributed by atoms with Crippen molar-refractivity contribution < 1.29 is 4.42 Å². The van der Waals surface area contributed by atoms with E-state index in [9.17, 15) is 0 Å². The Morgan fingerprint density at radius 1 is 0.328 bits per heavy atom. The van der Waals surface area contributed by atoms with Gasteiger partial charge in [-0.2, -0.15) is 0 Å². The maximum Gasteiger partial charge on any atom is 0.137 e. The largest absolute Gasteiger partial charge is 0.456 e. The van der Waals surface area contributed by atoms with Crippen LogP contribution in [0.25, 0.3) is 33.1 Å². The van der Waals surface area contributed by atoms with Crippen LogP contribution >= 0.6 is 0 Å². The summed E-state index contributed by atoms with van der Waals surface area (Å²) in [4.78, 5) is 2.40. The molecule has 1 aliphatic carbocycles. The number of rotatable bonds is 7. The number of hydrogen-bond donors (Lipinski definition) is 0. The lowest BCUT2D eigenvalue weighted by atomic mass is 9.43. The fourth-order valence-corrected chi connectivity index (χ4v) is 10.2. The van der Waals surface area contributed by atoms with Crippen LogP contribution in [0.4, 0.5) is 17.1 Å². The van der Waals surface area contributed by atoms with Gasteiger partial charge in [0, 0.05) is 16.8 Å². The second kappa shape index (κ2) is 13.7. The minimum atomic E-state index is -0.710. The number of fused-ring (bicyclic) bond motifs is 6. The van der Waals surface area contributed by atoms with Gasteiger partial charge in [-0.05, 0) is 87.0 Å². The van der Waals surface area contributed by atoms with Crippen molar-refractivity contribution in [3.63, 3.8) is 0 Å². The summed E-state index contributed by atoms with van der Waals surface area (Å²) in [6, 6.07) is 86.5. The second-order valence-electron chi connectivity index (χ2n) is 15.2. The minimum Gasteiger partial charge on any atom is -0.456 e. The Labute approximate surface area is 338 Å². The Balaban J connectivity index is 1.30. The van der Waals surface area contributed by atoms with E-state index in [0.29, 0.717) is 0 Å². The van der Waals surface area contributed by atoms with Crippen LogP contribution < -0.4 is 4.90 Å². The zero-order chi connectivity index (χ0) is 38.5. The molecule has 11 rings (SSSR count). The van der Waals surface area contributed by atoms with E-state index < -0.39 is 10.8 Å². The molecule has 0 N–H and O–H groups in total. The lowest BCUT2D eigenvalue weighted by Crippen LogP contribution is -2.54. The van der Waals surface area contributed by atoms with Crippen molar-refractivity contribution in [1.82, 2.24) is 0 Å². The first kappa shape index (κ1) is 33.9. The number of benzene rings is 9. The van der Waals surface area contributed by atoms with Crippen molar-refractivity contribution in [2.45, 2.75) is 10.8 Å². The lowest BCUT2D eigenvalue weighted by molar-refractivity contribution is 0.415. The topological polar surface area (TPSA) is 16.4 Å². The Hall–Kier alpha value is -7.42. The fourth-order valence-electron chi connectivity index (χ4n) is 10.2. The van der Waals surface area contributed by atoms with Gasteiger partial charge < -0.3 is 9.32 Å². The summed E-state index contributed by atoms with van der Waals surface area (Å²) in [6.45, 7) is 0. The van der Waals surface area contributed by atoms with E-state index in [1.54, 1.807) is 0 Å². The van der Waals surface area contributed by atoms with Gasteiger partial charge in [-0.3, -0.25) is 0 Å². The third-order valence-electron chi connectivity index (χ3n) is 12.3. The van der Waals surface area contributed by atoms with Crippen LogP contribution in [0.3, 0.4) is 0 Å². The SMILES string of the molecule is c1ccc(N(c2ccc3c(c2)-c2ccccc2C(c2ccccc2)(c2ccccc2)C3(c2ccccc2)c2ccccc2)c2cccc3oc4ccccc4c23)cc1. The highest BCUT2D eigenvalue weighted by atomic mass is 16.3. The summed E-state index contributed by atoms with van der Waals surface area (Å²) >= 11 is 0. The van der Waals surface area contributed by atoms with Gasteiger partial charge in [0.25, 0.3) is 0 Å². The first-order valence-electron chi connectivity index (χ1n) is 20.0. The molecule has 274 valence electrons. The molecule has 0 fully saturated rings. The standard InChI is InChI=1S/C56H39NO/c1-6-21-40(22-7-1)55(41-23-8-2-9-24-41)49-33-18-16-31-46(49)48-39-45(37-38-50(48)56(55,42-25-10-3-11-26-42)43-27-12-4-13-28-43)57(44-29-14-5-15-30-44)51-34-20-36-53-54(51)47-32-17-19-35-52(47)58-53/h1-39H. The summed E-state index contributed by atoms with van der Waals surface area (Å²) in [7, 11) is 0. The Morgan fingerprint density at radius 2 is 0.793 bits per heavy atom. The molecule has 2 nitrogen and oxygen atoms in total. The van der Waals surface area contributed by atoms with Crippen molar-refractivity contribution >= 4 is 39.0 Å². The molecule has 58 heavy (non-hydrogen) atoms. The van der Waals surface area contributed by atoms with Gasteiger partial charge in [0.1, 0.15) is 11.2 Å². The van der Waals surface area contributed by atoms with Gasteiger partial charge in [-0.25, -0.2) is 0 Å². The second-order valence-corrected chi connectivity index (χ2v) is 15.2. The van der Waals surface area contributed by atoms with E-state index in [-0.39, 0.29) is 0 Å². The van der Waals surface area contributed by atoms with Crippen LogP contribution in [0.2, 0.25) is 0 Å². The molecule has 0 unspecified atom stereocenters. The van der Waals surface area contributed by atoms with E-state index >= 15 is 0 Å². The zero-order valence-corrected chi connectivity index (χ0v) is 31.9. The molecule has 0 aliphatic heterocycles. The van der Waals surface area contributed by atoms with Crippen LogP contribution in [0, 0.1) is 0 Å². The third kappa shape index (κ3) is 4.85. The molecule has 1 aliphatic rings. The van der Waals surface area contributed by atoms with Crippen molar-refractivity contribution in [2.75, 3.05) is 4.90 Å². The van der Waals surface area contributed by atoms with Crippen molar-refractivity contribution in [3.8, 4) is 11.1 Å². The molecule has 1 aromatic heterocycles. The summed E-state index contributed by atoms with van der Waals surface area (Å²) in [5.74, 6) is 0. The summed E-state index contributed by atoms with van der Waals surface area (Å²) < 4.78 is 6.46. The Kier molecular flexibility index (Phi) is 7.97. The molecular weight excluding hydrogens is 703 g/mol. The monoisotopic (exact) mass is 741 g/mol. The van der Waals surface area contributed by atoms with Gasteiger partial charge >= 0.3 is 0 Å². The van der Waals surface area contributed by atoms with Crippen molar-refractivity contribution in [2.24, 2.45) is 0 Å². The van der Waals surface area contributed by atoms with E-state index in [4.69, 9.17) is 4.42 Å². The zero-order valence-electron chi connectivity index (χ0n) is 31.9. The number of nitrogens with zero attached hydrogens (tertiary/aromatic N) is 1. The first-order valence-corrected chi connectivity index (χ1v) is 20.0. The maximum atomic E-state index is 6.46. The predicted molar refractivity (Wildman–Crippen MR) is 239 cm³/mol. The summed E-state index contributed by atoms with van der Waals surface area (Å²) in [6.07, 6.45) is 0. The average Bonchev–Trinajstić information content (AvgIpc) is 3.70. The summed E-state index contributed by atoms with van der Waals surface area (Å²) in [5, 5.41) is 2.19. The fraction of sp³-hybridized carbons (Fsp3) is 0.0357. The van der Waals surface area contributed by atoms with Gasteiger partial charge in [-0.15, -0.1) is 0 Å². The number of anilines is 3. The van der Waals surface area contributed by atoms with E-state index in [1.165, 1.54) is 44.5 Å². The predicted octanol–water partition coefficient (Wildman–Crippen LogP) is 14.4. The molecule has 0 atom stereocenters. The van der Waals surface area contributed by atoms with Crippen LogP contribution in [-0.2, 0) is 10.8 Å². The first-order chi connectivity index (χ1) is 28.8. The molecule has 2 heteroatoms. The molecule has 0 radical (unpaired) electrons. The molecule has 9 aromatic carbocycles. The van der Waals surface area contributed by atoms with Crippen molar-refractivity contribution in [3.05, 3.63) is 270 Å². The van der Waals surface area contributed by atoms with Gasteiger partial charge in [0.05, 0.1) is 21.9 Å². The average molecular weight is 742 g/mol. The molecule has 0 saturated carbocycles. The van der Waals surface area contributed by atoms with E-state index in [0.717, 1.165) is 39.0 Å². The molecule has 0 amide bonds. The van der Waals surface area contributed by atoms with E-state index in [2.05, 4.69) is 235 Å². The Bertz CT molecular complexity index is 2970. The van der Waals surface area contributed by atoms with E-state index in [1.807, 2.05) is 6.07 Å². The Morgan fingerprint density at radius 3 is 1.38 bits per heavy atom. The molecule has 0 saturated heterocycles. The van der Waals surface area contributed by atoms with Crippen LogP contribution in [0.5, 0.6) is 0 Å². The number of para-hydroxylation sites is 2. The number of hydrogen-bond acceptors (Lipinski definition) is 2. The minimum absolute atomic E-state index is 0.677. The normalized spacial score (nSPS) is 13.8. The quantitative estimate of drug-likeness (QED) is 0.162. The molecular formula is C56H39NO. The van der Waals surface area contributed by atoms with Gasteiger partial charge in [0.15, 0.2) is 0 Å². The number of furan rings is 1. The highest BCUT2D eigenvalue weighted by molar-refractivity contribution is 6.13. The molecule has 0 bridgehead atoms. The molecule has 10 aromatic rings. The highest BCUT2D eigenvalue weighted by Crippen LogP contribution is 2.65. The van der Waals surface area contributed by atoms with Crippen LogP contribution in [0.15, 0.2) is 241 Å². The third-order valence-corrected chi connectivity index (χ3v) is 12.3. The highest BCUT2D eigenvalue weighted by Gasteiger charge is 2.61. The van der Waals surface area contributed by atoms with Crippen molar-refractivity contribution in [1.29, 1.82) is 0 Å². The molecule has 1 heterocycles. The van der Waals surface area contributed by atoms with Crippen LogP contribution in [0.1, 0.15) is 33.4 Å². The van der Waals surface area contributed by atoms with Crippen LogP contribution in [-0.4, -0.2) is 0 Å². The van der Waals surface area contributed by atoms with Gasteiger partial charge in [-0.1, -0.05) is 194 Å². The molecule has 0 spiro atoms. The smallest absolute Gasteiger partial charge is 0.137 e. The lowest BCUT2D eigenvalue weighted by Gasteiger charge is -2.57. The summed E-state index contributed by atoms with van der Waals surface area (Å²) in [5.41, 5.74) is 13.4. The van der Waals surface area contributed by atoms with Gasteiger partial charge in [0.2, 0.25) is 0 Å². The maximum absolute atomic E-state index is 6.46.